The molecule has 1 heterocycles. The van der Waals surface area contributed by atoms with Crippen LogP contribution in [0.25, 0.3) is 0 Å². The Kier molecular flexibility index (Phi) is 7.98. The van der Waals surface area contributed by atoms with Gasteiger partial charge in [-0.3, -0.25) is 0 Å². The number of rotatable bonds is 6. The highest BCUT2D eigenvalue weighted by Crippen LogP contribution is 2.29. The van der Waals surface area contributed by atoms with Crippen molar-refractivity contribution in [1.82, 2.24) is 5.32 Å². The number of aliphatic hydroxyl groups is 4. The summed E-state index contributed by atoms with van der Waals surface area (Å²) < 4.78 is 16.6. The molecular formula is C20H31NO8. The van der Waals surface area contributed by atoms with Gasteiger partial charge in [-0.25, -0.2) is 4.79 Å². The van der Waals surface area contributed by atoms with Crippen molar-refractivity contribution in [3.63, 3.8) is 0 Å². The van der Waals surface area contributed by atoms with Gasteiger partial charge in [-0.15, -0.1) is 0 Å². The van der Waals surface area contributed by atoms with Gasteiger partial charge >= 0.3 is 6.09 Å². The summed E-state index contributed by atoms with van der Waals surface area (Å²) >= 11 is 0. The molecule has 9 heteroatoms. The van der Waals surface area contributed by atoms with Crippen LogP contribution in [0.4, 0.5) is 4.79 Å². The zero-order chi connectivity index (χ0) is 21.8. The number of aliphatic hydroxyl groups excluding tert-OH is 4. The highest BCUT2D eigenvalue weighted by molar-refractivity contribution is 5.68. The molecule has 5 N–H and O–H groups in total. The van der Waals surface area contributed by atoms with Gasteiger partial charge in [0.25, 0.3) is 0 Å². The lowest BCUT2D eigenvalue weighted by molar-refractivity contribution is -0.314. The van der Waals surface area contributed by atoms with Crippen LogP contribution in [0.2, 0.25) is 0 Å². The molecule has 1 aliphatic heterocycles. The van der Waals surface area contributed by atoms with Crippen molar-refractivity contribution in [1.29, 1.82) is 0 Å². The maximum Gasteiger partial charge on any atom is 0.407 e. The van der Waals surface area contributed by atoms with E-state index in [-0.39, 0.29) is 0 Å². The topological polar surface area (TPSA) is 138 Å². The molecular weight excluding hydrogens is 382 g/mol. The molecule has 0 spiro atoms. The predicted octanol–water partition coefficient (Wildman–Crippen LogP) is 0.457. The fourth-order valence-corrected chi connectivity index (χ4v) is 3.02. The quantitative estimate of drug-likeness (QED) is 0.453. The monoisotopic (exact) mass is 413 g/mol. The Morgan fingerprint density at radius 1 is 1.14 bits per heavy atom. The summed E-state index contributed by atoms with van der Waals surface area (Å²) in [6.07, 6.45) is -8.43. The first kappa shape index (κ1) is 23.5. The molecule has 1 aliphatic rings. The second-order valence-corrected chi connectivity index (χ2v) is 8.10. The van der Waals surface area contributed by atoms with Crippen LogP contribution in [-0.4, -0.2) is 75.5 Å². The van der Waals surface area contributed by atoms with Gasteiger partial charge in [-0.1, -0.05) is 30.3 Å². The summed E-state index contributed by atoms with van der Waals surface area (Å²) in [7, 11) is 0. The number of ether oxygens (including phenoxy) is 3. The summed E-state index contributed by atoms with van der Waals surface area (Å²) in [5.74, 6) is 0. The molecule has 7 atom stereocenters. The van der Waals surface area contributed by atoms with Crippen molar-refractivity contribution in [3.8, 4) is 0 Å². The van der Waals surface area contributed by atoms with Crippen molar-refractivity contribution < 1.29 is 39.4 Å². The van der Waals surface area contributed by atoms with Crippen LogP contribution >= 0.6 is 0 Å². The predicted molar refractivity (Wildman–Crippen MR) is 103 cm³/mol. The summed E-state index contributed by atoms with van der Waals surface area (Å²) in [6, 6.07) is 8.36. The van der Waals surface area contributed by atoms with Gasteiger partial charge in [0.2, 0.25) is 0 Å². The maximum absolute atomic E-state index is 12.2. The number of amides is 1. The highest BCUT2D eigenvalue weighted by atomic mass is 16.7. The number of carbonyl (C=O) groups excluding carboxylic acids is 1. The molecule has 0 aromatic heterocycles. The van der Waals surface area contributed by atoms with E-state index in [0.29, 0.717) is 5.56 Å². The summed E-state index contributed by atoms with van der Waals surface area (Å²) in [5, 5.41) is 42.3. The molecule has 0 bridgehead atoms. The molecule has 1 fully saturated rings. The Morgan fingerprint density at radius 3 is 2.31 bits per heavy atom. The van der Waals surface area contributed by atoms with E-state index >= 15 is 0 Å². The third-order valence-electron chi connectivity index (χ3n) is 4.46. The lowest BCUT2D eigenvalue weighted by atomic mass is 9.98. The van der Waals surface area contributed by atoms with Crippen LogP contribution in [0.5, 0.6) is 0 Å². The molecule has 9 nitrogen and oxygen atoms in total. The first-order valence-corrected chi connectivity index (χ1v) is 9.54. The molecule has 0 aliphatic carbocycles. The number of hydrogen-bond donors (Lipinski definition) is 5. The SMILES string of the molecule is CC(NC(=O)OC(C)(C)C)[C@@H](O[C@@H]1O[C@H](CO)[C@H](O)[C@H](O)[C@H]1O)c1ccccc1. The lowest BCUT2D eigenvalue weighted by Gasteiger charge is -2.41. The summed E-state index contributed by atoms with van der Waals surface area (Å²) in [5.41, 5.74) is 0.0116. The third kappa shape index (κ3) is 6.36. The van der Waals surface area contributed by atoms with Gasteiger partial charge < -0.3 is 40.0 Å². The van der Waals surface area contributed by atoms with Gasteiger partial charge in [0.05, 0.1) is 12.6 Å². The van der Waals surface area contributed by atoms with E-state index in [1.54, 1.807) is 52.0 Å². The van der Waals surface area contributed by atoms with E-state index in [1.807, 2.05) is 6.07 Å². The molecule has 2 rings (SSSR count). The standard InChI is InChI=1S/C20H31NO8/c1-11(21-19(26)29-20(2,3)4)17(12-8-6-5-7-9-12)28-18-16(25)15(24)14(23)13(10-22)27-18/h5-9,11,13-18,22-25H,10H2,1-4H3,(H,21,26)/t11?,13-,14+,15+,16-,17-,18+/m1/s1. The highest BCUT2D eigenvalue weighted by Gasteiger charge is 2.45. The smallest absolute Gasteiger partial charge is 0.407 e. The second kappa shape index (κ2) is 9.84. The summed E-state index contributed by atoms with van der Waals surface area (Å²) in [4.78, 5) is 12.2. The van der Waals surface area contributed by atoms with Gasteiger partial charge in [0.1, 0.15) is 36.1 Å². The van der Waals surface area contributed by atoms with Gasteiger partial charge in [-0.05, 0) is 33.3 Å². The van der Waals surface area contributed by atoms with E-state index in [1.165, 1.54) is 0 Å². The van der Waals surface area contributed by atoms with E-state index in [4.69, 9.17) is 14.2 Å². The number of alkyl carbamates (subject to hydrolysis) is 1. The zero-order valence-corrected chi connectivity index (χ0v) is 17.1. The molecule has 1 aromatic rings. The molecule has 1 unspecified atom stereocenters. The van der Waals surface area contributed by atoms with Crippen molar-refractivity contribution in [3.05, 3.63) is 35.9 Å². The zero-order valence-electron chi connectivity index (χ0n) is 17.1. The van der Waals surface area contributed by atoms with Crippen molar-refractivity contribution in [2.24, 2.45) is 0 Å². The Balaban J connectivity index is 2.19. The minimum Gasteiger partial charge on any atom is -0.444 e. The van der Waals surface area contributed by atoms with Gasteiger partial charge in [0.15, 0.2) is 6.29 Å². The minimum atomic E-state index is -1.56. The lowest BCUT2D eigenvalue weighted by Crippen LogP contribution is -2.59. The Morgan fingerprint density at radius 2 is 1.76 bits per heavy atom. The van der Waals surface area contributed by atoms with E-state index in [2.05, 4.69) is 5.32 Å². The van der Waals surface area contributed by atoms with Gasteiger partial charge in [0, 0.05) is 0 Å². The Hall–Kier alpha value is -1.75. The van der Waals surface area contributed by atoms with Crippen LogP contribution in [0, 0.1) is 0 Å². The molecule has 29 heavy (non-hydrogen) atoms. The molecule has 1 aromatic carbocycles. The number of hydrogen-bond acceptors (Lipinski definition) is 8. The fourth-order valence-electron chi connectivity index (χ4n) is 3.02. The molecule has 1 amide bonds. The van der Waals surface area contributed by atoms with Crippen LogP contribution < -0.4 is 5.32 Å². The summed E-state index contributed by atoms with van der Waals surface area (Å²) in [6.45, 7) is 6.38. The first-order chi connectivity index (χ1) is 13.5. The average molecular weight is 413 g/mol. The van der Waals surface area contributed by atoms with E-state index in [0.717, 1.165) is 0 Å². The van der Waals surface area contributed by atoms with Crippen LogP contribution in [-0.2, 0) is 14.2 Å². The first-order valence-electron chi connectivity index (χ1n) is 9.54. The third-order valence-corrected chi connectivity index (χ3v) is 4.46. The van der Waals surface area contributed by atoms with Crippen molar-refractivity contribution >= 4 is 6.09 Å². The largest absolute Gasteiger partial charge is 0.444 e. The van der Waals surface area contributed by atoms with Crippen molar-refractivity contribution in [2.75, 3.05) is 6.61 Å². The van der Waals surface area contributed by atoms with Crippen LogP contribution in [0.1, 0.15) is 39.4 Å². The fraction of sp³-hybridized carbons (Fsp3) is 0.650. The average Bonchev–Trinajstić information content (AvgIpc) is 2.64. The number of nitrogens with one attached hydrogen (secondary N) is 1. The van der Waals surface area contributed by atoms with Gasteiger partial charge in [-0.2, -0.15) is 0 Å². The maximum atomic E-state index is 12.2. The minimum absolute atomic E-state index is 0.563. The second-order valence-electron chi connectivity index (χ2n) is 8.10. The molecule has 1 saturated heterocycles. The van der Waals surface area contributed by atoms with E-state index in [9.17, 15) is 25.2 Å². The molecule has 164 valence electrons. The molecule has 0 saturated carbocycles. The van der Waals surface area contributed by atoms with Crippen molar-refractivity contribution in [2.45, 2.75) is 76.1 Å². The van der Waals surface area contributed by atoms with Crippen LogP contribution in [0.3, 0.4) is 0 Å². The molecule has 0 radical (unpaired) electrons. The Labute approximate surface area is 170 Å². The number of carbonyl (C=O) groups is 1. The number of benzene rings is 1. The van der Waals surface area contributed by atoms with Crippen LogP contribution in [0.15, 0.2) is 30.3 Å². The normalized spacial score (nSPS) is 29.7. The van der Waals surface area contributed by atoms with E-state index < -0.39 is 61.2 Å². The Bertz CT molecular complexity index is 648.